The molecule has 0 bridgehead atoms. The van der Waals surface area contributed by atoms with Gasteiger partial charge in [-0.1, -0.05) is 6.92 Å². The summed E-state index contributed by atoms with van der Waals surface area (Å²) in [6.45, 7) is 3.88. The summed E-state index contributed by atoms with van der Waals surface area (Å²) in [6.07, 6.45) is 7.53. The first-order valence-corrected chi connectivity index (χ1v) is 5.62. The van der Waals surface area contributed by atoms with E-state index in [1.54, 1.807) is 0 Å². The van der Waals surface area contributed by atoms with E-state index < -0.39 is 0 Å². The number of hydrogen-bond donors (Lipinski definition) is 0. The lowest BCUT2D eigenvalue weighted by molar-refractivity contribution is 0.198. The van der Waals surface area contributed by atoms with E-state index in [1.807, 2.05) is 0 Å². The zero-order chi connectivity index (χ0) is 8.13. The lowest BCUT2D eigenvalue weighted by atomic mass is 9.98. The second-order valence-electron chi connectivity index (χ2n) is 5.07. The van der Waals surface area contributed by atoms with E-state index in [0.717, 1.165) is 23.9 Å². The van der Waals surface area contributed by atoms with Crippen molar-refractivity contribution < 1.29 is 0 Å². The minimum atomic E-state index is 0.998. The number of rotatable bonds is 0. The molecule has 4 unspecified atom stereocenters. The van der Waals surface area contributed by atoms with Gasteiger partial charge in [0.05, 0.1) is 0 Å². The SMILES string of the molecule is CC1CCC2CC3CCCN3C12. The fourth-order valence-corrected chi connectivity index (χ4v) is 3.99. The minimum Gasteiger partial charge on any atom is -0.297 e. The van der Waals surface area contributed by atoms with E-state index >= 15 is 0 Å². The third kappa shape index (κ3) is 0.834. The monoisotopic (exact) mass is 165 g/mol. The molecule has 1 saturated carbocycles. The summed E-state index contributed by atoms with van der Waals surface area (Å²) >= 11 is 0. The van der Waals surface area contributed by atoms with Crippen LogP contribution >= 0.6 is 0 Å². The van der Waals surface area contributed by atoms with Gasteiger partial charge in [-0.05, 0) is 50.5 Å². The van der Waals surface area contributed by atoms with Crippen molar-refractivity contribution in [3.05, 3.63) is 0 Å². The first kappa shape index (κ1) is 7.37. The zero-order valence-corrected chi connectivity index (χ0v) is 8.00. The van der Waals surface area contributed by atoms with Crippen molar-refractivity contribution >= 4 is 0 Å². The Balaban J connectivity index is 1.85. The maximum Gasteiger partial charge on any atom is 0.0153 e. The predicted octanol–water partition coefficient (Wildman–Crippen LogP) is 2.27. The highest BCUT2D eigenvalue weighted by molar-refractivity contribution is 5.02. The molecule has 0 spiro atoms. The number of fused-ring (bicyclic) bond motifs is 3. The normalized spacial score (nSPS) is 52.8. The van der Waals surface area contributed by atoms with Crippen molar-refractivity contribution in [2.45, 2.75) is 51.1 Å². The second-order valence-corrected chi connectivity index (χ2v) is 5.07. The molecule has 3 aliphatic rings. The Kier molecular flexibility index (Phi) is 1.52. The van der Waals surface area contributed by atoms with Crippen LogP contribution in [0.2, 0.25) is 0 Å². The standard InChI is InChI=1S/C11H19N/c1-8-4-5-9-7-10-3-2-6-12(10)11(8)9/h8-11H,2-7H2,1H3. The fourth-order valence-electron chi connectivity index (χ4n) is 3.99. The highest BCUT2D eigenvalue weighted by Crippen LogP contribution is 2.47. The Hall–Kier alpha value is -0.0400. The smallest absolute Gasteiger partial charge is 0.0153 e. The fraction of sp³-hybridized carbons (Fsp3) is 1.00. The van der Waals surface area contributed by atoms with Crippen molar-refractivity contribution in [3.63, 3.8) is 0 Å². The molecule has 12 heavy (non-hydrogen) atoms. The van der Waals surface area contributed by atoms with Crippen LogP contribution in [0.5, 0.6) is 0 Å². The van der Waals surface area contributed by atoms with E-state index in [9.17, 15) is 0 Å². The summed E-state index contributed by atoms with van der Waals surface area (Å²) in [5, 5.41) is 0. The molecule has 0 aromatic carbocycles. The van der Waals surface area contributed by atoms with Crippen LogP contribution in [0.1, 0.15) is 39.0 Å². The first-order valence-electron chi connectivity index (χ1n) is 5.62. The van der Waals surface area contributed by atoms with Crippen LogP contribution in [0.4, 0.5) is 0 Å². The lowest BCUT2D eigenvalue weighted by Crippen LogP contribution is -2.35. The van der Waals surface area contributed by atoms with Crippen molar-refractivity contribution in [1.29, 1.82) is 0 Å². The molecule has 68 valence electrons. The Morgan fingerprint density at radius 1 is 1.17 bits per heavy atom. The molecule has 0 N–H and O–H groups in total. The summed E-state index contributed by atoms with van der Waals surface area (Å²) < 4.78 is 0. The summed E-state index contributed by atoms with van der Waals surface area (Å²) in [7, 11) is 0. The van der Waals surface area contributed by atoms with Crippen LogP contribution in [0.3, 0.4) is 0 Å². The van der Waals surface area contributed by atoms with Gasteiger partial charge in [-0.25, -0.2) is 0 Å². The first-order chi connectivity index (χ1) is 5.86. The maximum absolute atomic E-state index is 2.84. The molecule has 2 saturated heterocycles. The topological polar surface area (TPSA) is 3.24 Å². The molecule has 1 heteroatoms. The Morgan fingerprint density at radius 2 is 2.08 bits per heavy atom. The number of hydrogen-bond acceptors (Lipinski definition) is 1. The summed E-state index contributed by atoms with van der Waals surface area (Å²) in [4.78, 5) is 2.84. The molecule has 2 heterocycles. The summed E-state index contributed by atoms with van der Waals surface area (Å²) in [5.41, 5.74) is 0. The molecular weight excluding hydrogens is 146 g/mol. The molecule has 3 fully saturated rings. The largest absolute Gasteiger partial charge is 0.297 e. The van der Waals surface area contributed by atoms with Gasteiger partial charge in [0, 0.05) is 12.1 Å². The van der Waals surface area contributed by atoms with E-state index in [1.165, 1.54) is 38.6 Å². The van der Waals surface area contributed by atoms with Crippen molar-refractivity contribution in [2.75, 3.05) is 6.54 Å². The van der Waals surface area contributed by atoms with Crippen LogP contribution in [0, 0.1) is 11.8 Å². The molecule has 1 aliphatic carbocycles. The Bertz CT molecular complexity index is 189. The molecule has 0 aromatic heterocycles. The molecular formula is C11H19N. The van der Waals surface area contributed by atoms with Crippen LogP contribution in [0.15, 0.2) is 0 Å². The van der Waals surface area contributed by atoms with Gasteiger partial charge in [0.15, 0.2) is 0 Å². The summed E-state index contributed by atoms with van der Waals surface area (Å²) in [6, 6.07) is 2.00. The average Bonchev–Trinajstić information content (AvgIpc) is 2.61. The minimum absolute atomic E-state index is 0.998. The summed E-state index contributed by atoms with van der Waals surface area (Å²) in [5.74, 6) is 2.09. The van der Waals surface area contributed by atoms with E-state index in [0.29, 0.717) is 0 Å². The molecule has 3 rings (SSSR count). The molecule has 2 aliphatic heterocycles. The highest BCUT2D eigenvalue weighted by Gasteiger charge is 2.48. The van der Waals surface area contributed by atoms with Crippen LogP contribution < -0.4 is 0 Å². The van der Waals surface area contributed by atoms with Gasteiger partial charge in [0.2, 0.25) is 0 Å². The maximum atomic E-state index is 2.84. The van der Waals surface area contributed by atoms with E-state index in [-0.39, 0.29) is 0 Å². The van der Waals surface area contributed by atoms with Crippen LogP contribution in [-0.2, 0) is 0 Å². The Labute approximate surface area is 75.1 Å². The van der Waals surface area contributed by atoms with Gasteiger partial charge < -0.3 is 0 Å². The van der Waals surface area contributed by atoms with Crippen molar-refractivity contribution in [1.82, 2.24) is 4.90 Å². The van der Waals surface area contributed by atoms with Crippen LogP contribution in [-0.4, -0.2) is 23.5 Å². The van der Waals surface area contributed by atoms with Gasteiger partial charge >= 0.3 is 0 Å². The second kappa shape index (κ2) is 2.47. The molecule has 0 radical (unpaired) electrons. The average molecular weight is 165 g/mol. The third-order valence-electron chi connectivity index (χ3n) is 4.44. The predicted molar refractivity (Wildman–Crippen MR) is 50.0 cm³/mol. The lowest BCUT2D eigenvalue weighted by Gasteiger charge is -2.26. The van der Waals surface area contributed by atoms with Gasteiger partial charge in [0.25, 0.3) is 0 Å². The van der Waals surface area contributed by atoms with Gasteiger partial charge in [-0.2, -0.15) is 0 Å². The van der Waals surface area contributed by atoms with Crippen molar-refractivity contribution in [2.24, 2.45) is 11.8 Å². The van der Waals surface area contributed by atoms with E-state index in [4.69, 9.17) is 0 Å². The highest BCUT2D eigenvalue weighted by atomic mass is 15.2. The van der Waals surface area contributed by atoms with Gasteiger partial charge in [-0.15, -0.1) is 0 Å². The number of nitrogens with zero attached hydrogens (tertiary/aromatic N) is 1. The van der Waals surface area contributed by atoms with Crippen LogP contribution in [0.25, 0.3) is 0 Å². The molecule has 4 atom stereocenters. The van der Waals surface area contributed by atoms with Crippen molar-refractivity contribution in [3.8, 4) is 0 Å². The molecule has 0 amide bonds. The third-order valence-corrected chi connectivity index (χ3v) is 4.44. The van der Waals surface area contributed by atoms with Gasteiger partial charge in [-0.3, -0.25) is 4.90 Å². The van der Waals surface area contributed by atoms with Gasteiger partial charge in [0.1, 0.15) is 0 Å². The molecule has 0 aromatic rings. The zero-order valence-electron chi connectivity index (χ0n) is 8.00. The Morgan fingerprint density at radius 3 is 3.00 bits per heavy atom. The van der Waals surface area contributed by atoms with E-state index in [2.05, 4.69) is 11.8 Å². The quantitative estimate of drug-likeness (QED) is 0.532. The molecule has 1 nitrogen and oxygen atoms in total.